The summed E-state index contributed by atoms with van der Waals surface area (Å²) in [5.41, 5.74) is 2.29. The van der Waals surface area contributed by atoms with Gasteiger partial charge in [-0.15, -0.1) is 5.10 Å². The molecule has 2 aromatic rings. The lowest BCUT2D eigenvalue weighted by Gasteiger charge is -2.28. The molecular formula is C18H22N4O3S. The monoisotopic (exact) mass is 374 g/mol. The average Bonchev–Trinajstić information content (AvgIpc) is 3.30. The van der Waals surface area contributed by atoms with Crippen molar-refractivity contribution in [2.75, 3.05) is 18.9 Å². The van der Waals surface area contributed by atoms with Crippen molar-refractivity contribution >= 4 is 17.7 Å². The number of carbonyl (C=O) groups is 1. The fourth-order valence-corrected chi connectivity index (χ4v) is 4.35. The minimum atomic E-state index is -0.248. The number of aromatic nitrogens is 3. The zero-order valence-electron chi connectivity index (χ0n) is 14.5. The van der Waals surface area contributed by atoms with Crippen molar-refractivity contribution in [3.63, 3.8) is 0 Å². The fourth-order valence-electron chi connectivity index (χ4n) is 3.49. The third-order valence-corrected chi connectivity index (χ3v) is 5.90. The normalized spacial score (nSPS) is 19.5. The van der Waals surface area contributed by atoms with Gasteiger partial charge in [0.15, 0.2) is 5.16 Å². The Hall–Kier alpha value is -2.06. The Bertz CT molecular complexity index is 841. The predicted octanol–water partition coefficient (Wildman–Crippen LogP) is 1.43. The van der Waals surface area contributed by atoms with Crippen molar-refractivity contribution in [2.45, 2.75) is 43.6 Å². The average molecular weight is 374 g/mol. The van der Waals surface area contributed by atoms with E-state index in [1.807, 2.05) is 17.0 Å². The molecule has 1 atom stereocenters. The second-order valence-corrected chi connectivity index (χ2v) is 7.62. The number of rotatable bonds is 5. The van der Waals surface area contributed by atoms with Crippen LogP contribution in [0.15, 0.2) is 34.2 Å². The first-order valence-electron chi connectivity index (χ1n) is 8.95. The first-order chi connectivity index (χ1) is 12.7. The molecule has 2 aliphatic heterocycles. The van der Waals surface area contributed by atoms with Gasteiger partial charge < -0.3 is 9.64 Å². The third kappa shape index (κ3) is 3.71. The molecule has 0 radical (unpaired) electrons. The van der Waals surface area contributed by atoms with E-state index in [2.05, 4.69) is 22.3 Å². The van der Waals surface area contributed by atoms with Crippen LogP contribution in [0.5, 0.6) is 0 Å². The lowest BCUT2D eigenvalue weighted by molar-refractivity contribution is -0.129. The lowest BCUT2D eigenvalue weighted by Crippen LogP contribution is -2.37. The summed E-state index contributed by atoms with van der Waals surface area (Å²) < 4.78 is 7.19. The van der Waals surface area contributed by atoms with Crippen LogP contribution in [0.4, 0.5) is 0 Å². The Balaban J connectivity index is 1.37. The third-order valence-electron chi connectivity index (χ3n) is 4.94. The number of hydrogen-bond acceptors (Lipinski definition) is 5. The number of ether oxygens (including phenoxy) is 1. The molecule has 7 nitrogen and oxygen atoms in total. The fraction of sp³-hybridized carbons (Fsp3) is 0.500. The summed E-state index contributed by atoms with van der Waals surface area (Å²) >= 11 is 1.31. The molecule has 1 N–H and O–H groups in total. The number of thioether (sulfide) groups is 1. The van der Waals surface area contributed by atoms with Gasteiger partial charge in [-0.1, -0.05) is 36.0 Å². The van der Waals surface area contributed by atoms with Gasteiger partial charge in [-0.2, -0.15) is 0 Å². The van der Waals surface area contributed by atoms with Crippen LogP contribution >= 0.6 is 11.8 Å². The maximum atomic E-state index is 12.6. The predicted molar refractivity (Wildman–Crippen MR) is 98.1 cm³/mol. The zero-order valence-corrected chi connectivity index (χ0v) is 15.3. The number of aromatic amines is 1. The summed E-state index contributed by atoms with van der Waals surface area (Å²) in [6, 6.07) is 8.25. The highest BCUT2D eigenvalue weighted by atomic mass is 32.2. The lowest BCUT2D eigenvalue weighted by atomic mass is 10.00. The first kappa shape index (κ1) is 17.4. The first-order valence-corrected chi connectivity index (χ1v) is 9.93. The zero-order chi connectivity index (χ0) is 17.9. The molecular weight excluding hydrogens is 352 g/mol. The topological polar surface area (TPSA) is 80.2 Å². The van der Waals surface area contributed by atoms with Crippen LogP contribution < -0.4 is 5.69 Å². The van der Waals surface area contributed by atoms with Gasteiger partial charge in [0, 0.05) is 19.7 Å². The molecule has 1 amide bonds. The van der Waals surface area contributed by atoms with Crippen molar-refractivity contribution in [3.05, 3.63) is 45.9 Å². The number of hydrogen-bond donors (Lipinski definition) is 1. The van der Waals surface area contributed by atoms with Crippen molar-refractivity contribution in [1.82, 2.24) is 19.7 Å². The van der Waals surface area contributed by atoms with Gasteiger partial charge >= 0.3 is 5.69 Å². The molecule has 1 unspecified atom stereocenters. The highest BCUT2D eigenvalue weighted by Crippen LogP contribution is 2.21. The van der Waals surface area contributed by atoms with Crippen LogP contribution in [0.3, 0.4) is 0 Å². The van der Waals surface area contributed by atoms with Gasteiger partial charge in [0.05, 0.1) is 18.4 Å². The van der Waals surface area contributed by atoms with Gasteiger partial charge in [-0.3, -0.25) is 9.36 Å². The molecule has 1 aromatic heterocycles. The highest BCUT2D eigenvalue weighted by molar-refractivity contribution is 7.99. The van der Waals surface area contributed by atoms with Gasteiger partial charge in [0.2, 0.25) is 5.91 Å². The number of H-pyrrole nitrogens is 1. The molecule has 1 aromatic carbocycles. The Kier molecular flexibility index (Phi) is 5.12. The van der Waals surface area contributed by atoms with E-state index < -0.39 is 0 Å². The van der Waals surface area contributed by atoms with Gasteiger partial charge in [-0.05, 0) is 30.4 Å². The smallest absolute Gasteiger partial charge is 0.344 e. The highest BCUT2D eigenvalue weighted by Gasteiger charge is 2.23. The number of benzene rings is 1. The van der Waals surface area contributed by atoms with Crippen LogP contribution in [0, 0.1) is 0 Å². The maximum absolute atomic E-state index is 12.6. The van der Waals surface area contributed by atoms with Crippen LogP contribution in [0.25, 0.3) is 0 Å². The molecule has 1 fully saturated rings. The Labute approximate surface area is 155 Å². The summed E-state index contributed by atoms with van der Waals surface area (Å²) in [5, 5.41) is 7.11. The summed E-state index contributed by atoms with van der Waals surface area (Å²) in [6.45, 7) is 2.62. The largest absolute Gasteiger partial charge is 0.376 e. The van der Waals surface area contributed by atoms with E-state index in [9.17, 15) is 9.59 Å². The van der Waals surface area contributed by atoms with E-state index in [1.54, 1.807) is 4.57 Å². The quantitative estimate of drug-likeness (QED) is 0.801. The van der Waals surface area contributed by atoms with E-state index in [1.165, 1.54) is 22.9 Å². The minimum Gasteiger partial charge on any atom is -0.376 e. The van der Waals surface area contributed by atoms with Crippen molar-refractivity contribution < 1.29 is 9.53 Å². The van der Waals surface area contributed by atoms with E-state index in [4.69, 9.17) is 4.74 Å². The summed E-state index contributed by atoms with van der Waals surface area (Å²) in [7, 11) is 0. The van der Waals surface area contributed by atoms with Crippen LogP contribution in [0.2, 0.25) is 0 Å². The van der Waals surface area contributed by atoms with Crippen molar-refractivity contribution in [1.29, 1.82) is 0 Å². The van der Waals surface area contributed by atoms with Gasteiger partial charge in [0.1, 0.15) is 0 Å². The molecule has 3 heterocycles. The Morgan fingerprint density at radius 1 is 1.35 bits per heavy atom. The summed E-state index contributed by atoms with van der Waals surface area (Å²) in [4.78, 5) is 26.5. The van der Waals surface area contributed by atoms with E-state index in [0.717, 1.165) is 32.4 Å². The van der Waals surface area contributed by atoms with E-state index in [-0.39, 0.29) is 23.5 Å². The molecule has 1 saturated heterocycles. The molecule has 0 bridgehead atoms. The van der Waals surface area contributed by atoms with Crippen LogP contribution in [-0.2, 0) is 29.0 Å². The second-order valence-electron chi connectivity index (χ2n) is 6.68. The molecule has 26 heavy (non-hydrogen) atoms. The molecule has 8 heteroatoms. The number of amides is 1. The second kappa shape index (κ2) is 7.67. The number of carbonyl (C=O) groups excluding carboxylic acids is 1. The SMILES string of the molecule is O=C(CSc1n[nH]c(=O)n1CC1CCCO1)N1CCc2ccccc2C1. The number of nitrogens with zero attached hydrogens (tertiary/aromatic N) is 3. The standard InChI is InChI=1S/C18H22N4O3S/c23-16(21-8-7-13-4-1-2-5-14(13)10-21)12-26-18-20-19-17(24)22(18)11-15-6-3-9-25-15/h1-2,4-5,15H,3,6-12H2,(H,19,24). The van der Waals surface area contributed by atoms with Crippen LogP contribution in [-0.4, -0.2) is 50.6 Å². The van der Waals surface area contributed by atoms with Crippen LogP contribution in [0.1, 0.15) is 24.0 Å². The van der Waals surface area contributed by atoms with E-state index in [0.29, 0.717) is 18.2 Å². The molecule has 138 valence electrons. The minimum absolute atomic E-state index is 0.0546. The van der Waals surface area contributed by atoms with Gasteiger partial charge in [-0.25, -0.2) is 9.89 Å². The maximum Gasteiger partial charge on any atom is 0.344 e. The van der Waals surface area contributed by atoms with Crippen molar-refractivity contribution in [2.24, 2.45) is 0 Å². The molecule has 2 aliphatic rings. The Morgan fingerprint density at radius 2 is 2.19 bits per heavy atom. The summed E-state index contributed by atoms with van der Waals surface area (Å²) in [6.07, 6.45) is 2.92. The Morgan fingerprint density at radius 3 is 3.00 bits per heavy atom. The molecule has 0 saturated carbocycles. The number of fused-ring (bicyclic) bond motifs is 1. The van der Waals surface area contributed by atoms with Gasteiger partial charge in [0.25, 0.3) is 0 Å². The van der Waals surface area contributed by atoms with Crippen molar-refractivity contribution in [3.8, 4) is 0 Å². The van der Waals surface area contributed by atoms with E-state index >= 15 is 0 Å². The molecule has 4 rings (SSSR count). The number of nitrogens with one attached hydrogen (secondary N) is 1. The summed E-state index contributed by atoms with van der Waals surface area (Å²) in [5.74, 6) is 0.349. The molecule has 0 aliphatic carbocycles. The molecule has 0 spiro atoms.